The highest BCUT2D eigenvalue weighted by Crippen LogP contribution is 2.28. The minimum Gasteiger partial charge on any atom is -0.491 e. The van der Waals surface area contributed by atoms with Crippen molar-refractivity contribution in [2.24, 2.45) is 5.92 Å². The number of hydrogen-bond acceptors (Lipinski definition) is 4. The first-order chi connectivity index (χ1) is 11.7. The van der Waals surface area contributed by atoms with Gasteiger partial charge in [-0.05, 0) is 43.4 Å². The van der Waals surface area contributed by atoms with Crippen LogP contribution >= 0.6 is 0 Å². The molecule has 1 saturated carbocycles. The smallest absolute Gasteiger partial charge is 0.239 e. The third kappa shape index (κ3) is 5.23. The molecule has 0 bridgehead atoms. The van der Waals surface area contributed by atoms with Crippen LogP contribution in [0.4, 0.5) is 0 Å². The molecule has 2 fully saturated rings. The molecule has 6 nitrogen and oxygen atoms in total. The van der Waals surface area contributed by atoms with E-state index in [4.69, 9.17) is 9.47 Å². The van der Waals surface area contributed by atoms with Gasteiger partial charge in [-0.2, -0.15) is 0 Å². The van der Waals surface area contributed by atoms with E-state index in [9.17, 15) is 9.59 Å². The fourth-order valence-electron chi connectivity index (χ4n) is 2.59. The largest absolute Gasteiger partial charge is 0.491 e. The van der Waals surface area contributed by atoms with Gasteiger partial charge < -0.3 is 20.1 Å². The second-order valence-corrected chi connectivity index (χ2v) is 6.36. The summed E-state index contributed by atoms with van der Waals surface area (Å²) in [7, 11) is 0. The molecular weight excluding hydrogens is 308 g/mol. The average Bonchev–Trinajstić information content (AvgIpc) is 3.33. The van der Waals surface area contributed by atoms with Gasteiger partial charge >= 0.3 is 0 Å². The zero-order chi connectivity index (χ0) is 16.8. The van der Waals surface area contributed by atoms with Crippen LogP contribution in [0, 0.1) is 5.92 Å². The van der Waals surface area contributed by atoms with Gasteiger partial charge in [-0.15, -0.1) is 0 Å². The van der Waals surface area contributed by atoms with Gasteiger partial charge in [0.25, 0.3) is 0 Å². The third-order valence-electron chi connectivity index (χ3n) is 4.24. The predicted molar refractivity (Wildman–Crippen MR) is 88.5 cm³/mol. The molecule has 1 unspecified atom stereocenters. The Morgan fingerprint density at radius 3 is 2.58 bits per heavy atom. The van der Waals surface area contributed by atoms with Crippen LogP contribution in [0.2, 0.25) is 0 Å². The summed E-state index contributed by atoms with van der Waals surface area (Å²) in [6, 6.07) is 7.64. The van der Waals surface area contributed by atoms with Crippen molar-refractivity contribution in [2.45, 2.75) is 38.3 Å². The Balaban J connectivity index is 1.34. The van der Waals surface area contributed by atoms with Crippen LogP contribution in [0.25, 0.3) is 0 Å². The van der Waals surface area contributed by atoms with Crippen molar-refractivity contribution in [2.75, 3.05) is 19.8 Å². The highest BCUT2D eigenvalue weighted by Gasteiger charge is 2.29. The Labute approximate surface area is 141 Å². The molecule has 2 N–H and O–H groups in total. The fourth-order valence-corrected chi connectivity index (χ4v) is 2.59. The van der Waals surface area contributed by atoms with Crippen molar-refractivity contribution < 1.29 is 19.1 Å². The standard InChI is InChI=1S/C18H24N2O4/c21-17(11-20-18(22)14-5-6-14)19-10-13-3-7-15(8-4-13)24-12-16-2-1-9-23-16/h3-4,7-8,14,16H,1-2,5-6,9-12H2,(H,19,21)(H,20,22). The first-order valence-corrected chi connectivity index (χ1v) is 8.58. The van der Waals surface area contributed by atoms with Crippen molar-refractivity contribution in [1.82, 2.24) is 10.6 Å². The summed E-state index contributed by atoms with van der Waals surface area (Å²) in [5.74, 6) is 0.734. The summed E-state index contributed by atoms with van der Waals surface area (Å²) < 4.78 is 11.2. The van der Waals surface area contributed by atoms with Crippen molar-refractivity contribution in [1.29, 1.82) is 0 Å². The van der Waals surface area contributed by atoms with Crippen LogP contribution in [-0.4, -0.2) is 37.7 Å². The van der Waals surface area contributed by atoms with Crippen molar-refractivity contribution in [3.8, 4) is 5.75 Å². The zero-order valence-corrected chi connectivity index (χ0v) is 13.8. The Kier molecular flexibility index (Phi) is 5.69. The number of ether oxygens (including phenoxy) is 2. The number of nitrogens with one attached hydrogen (secondary N) is 2. The van der Waals surface area contributed by atoms with Crippen molar-refractivity contribution in [3.05, 3.63) is 29.8 Å². The summed E-state index contributed by atoms with van der Waals surface area (Å²) >= 11 is 0. The number of hydrogen-bond donors (Lipinski definition) is 2. The quantitative estimate of drug-likeness (QED) is 0.754. The number of carbonyl (C=O) groups excluding carboxylic acids is 2. The van der Waals surface area contributed by atoms with Gasteiger partial charge in [-0.25, -0.2) is 0 Å². The number of benzene rings is 1. The molecule has 130 valence electrons. The first kappa shape index (κ1) is 16.8. The van der Waals surface area contributed by atoms with E-state index in [2.05, 4.69) is 10.6 Å². The van der Waals surface area contributed by atoms with E-state index in [1.54, 1.807) is 0 Å². The van der Waals surface area contributed by atoms with Crippen LogP contribution in [0.15, 0.2) is 24.3 Å². The molecule has 0 radical (unpaired) electrons. The Bertz CT molecular complexity index is 563. The molecule has 1 atom stereocenters. The lowest BCUT2D eigenvalue weighted by molar-refractivity contribution is -0.126. The Morgan fingerprint density at radius 1 is 1.12 bits per heavy atom. The van der Waals surface area contributed by atoms with Crippen molar-refractivity contribution in [3.63, 3.8) is 0 Å². The molecule has 1 aromatic carbocycles. The van der Waals surface area contributed by atoms with E-state index in [1.807, 2.05) is 24.3 Å². The predicted octanol–water partition coefficient (Wildman–Crippen LogP) is 1.39. The minimum atomic E-state index is -0.178. The molecule has 0 aromatic heterocycles. The minimum absolute atomic E-state index is 0.0158. The van der Waals surface area contributed by atoms with E-state index in [-0.39, 0.29) is 30.4 Å². The lowest BCUT2D eigenvalue weighted by Crippen LogP contribution is -2.37. The summed E-state index contributed by atoms with van der Waals surface area (Å²) in [6.45, 7) is 1.88. The third-order valence-corrected chi connectivity index (χ3v) is 4.24. The monoisotopic (exact) mass is 332 g/mol. The highest BCUT2D eigenvalue weighted by molar-refractivity contribution is 5.86. The SMILES string of the molecule is O=C(CNC(=O)C1CC1)NCc1ccc(OCC2CCCO2)cc1. The summed E-state index contributed by atoms with van der Waals surface area (Å²) in [5.41, 5.74) is 0.987. The molecule has 2 aliphatic rings. The number of rotatable bonds is 8. The summed E-state index contributed by atoms with van der Waals surface area (Å²) in [6.07, 6.45) is 4.24. The summed E-state index contributed by atoms with van der Waals surface area (Å²) in [4.78, 5) is 23.2. The molecule has 1 heterocycles. The molecule has 1 aliphatic heterocycles. The average molecular weight is 332 g/mol. The van der Waals surface area contributed by atoms with Crippen LogP contribution < -0.4 is 15.4 Å². The Morgan fingerprint density at radius 2 is 1.92 bits per heavy atom. The second-order valence-electron chi connectivity index (χ2n) is 6.36. The number of amides is 2. The molecule has 3 rings (SSSR count). The molecule has 6 heteroatoms. The summed E-state index contributed by atoms with van der Waals surface area (Å²) in [5, 5.41) is 5.45. The molecule has 0 spiro atoms. The molecule has 1 aliphatic carbocycles. The van der Waals surface area contributed by atoms with Crippen LogP contribution in [0.3, 0.4) is 0 Å². The second kappa shape index (κ2) is 8.15. The van der Waals surface area contributed by atoms with Crippen LogP contribution in [-0.2, 0) is 20.9 Å². The molecule has 1 aromatic rings. The molecule has 2 amide bonds. The van der Waals surface area contributed by atoms with Gasteiger partial charge in [0.15, 0.2) is 0 Å². The highest BCUT2D eigenvalue weighted by atomic mass is 16.5. The van der Waals surface area contributed by atoms with Gasteiger partial charge in [0, 0.05) is 19.1 Å². The first-order valence-electron chi connectivity index (χ1n) is 8.58. The van der Waals surface area contributed by atoms with Gasteiger partial charge in [0.1, 0.15) is 12.4 Å². The van der Waals surface area contributed by atoms with Crippen LogP contribution in [0.1, 0.15) is 31.2 Å². The maximum absolute atomic E-state index is 11.7. The van der Waals surface area contributed by atoms with E-state index in [0.29, 0.717) is 13.2 Å². The van der Waals surface area contributed by atoms with Crippen molar-refractivity contribution >= 4 is 11.8 Å². The zero-order valence-electron chi connectivity index (χ0n) is 13.8. The lowest BCUT2D eigenvalue weighted by Gasteiger charge is -2.12. The van der Waals surface area contributed by atoms with Gasteiger partial charge in [-0.3, -0.25) is 9.59 Å². The normalized spacial score (nSPS) is 19.8. The van der Waals surface area contributed by atoms with Gasteiger partial charge in [0.2, 0.25) is 11.8 Å². The van der Waals surface area contributed by atoms with Crippen LogP contribution in [0.5, 0.6) is 5.75 Å². The maximum Gasteiger partial charge on any atom is 0.239 e. The van der Waals surface area contributed by atoms with E-state index in [0.717, 1.165) is 43.6 Å². The molecule has 1 saturated heterocycles. The lowest BCUT2D eigenvalue weighted by atomic mass is 10.2. The van der Waals surface area contributed by atoms with Gasteiger partial charge in [0.05, 0.1) is 12.6 Å². The Hall–Kier alpha value is -2.08. The van der Waals surface area contributed by atoms with Gasteiger partial charge in [-0.1, -0.05) is 12.1 Å². The van der Waals surface area contributed by atoms with E-state index < -0.39 is 0 Å². The maximum atomic E-state index is 11.7. The fraction of sp³-hybridized carbons (Fsp3) is 0.556. The molecule has 24 heavy (non-hydrogen) atoms. The number of carbonyl (C=O) groups is 2. The topological polar surface area (TPSA) is 76.7 Å². The molecular formula is C18H24N2O4. The van der Waals surface area contributed by atoms with E-state index in [1.165, 1.54) is 0 Å². The van der Waals surface area contributed by atoms with E-state index >= 15 is 0 Å².